The second-order valence-electron chi connectivity index (χ2n) is 6.07. The van der Waals surface area contributed by atoms with Gasteiger partial charge in [0.25, 0.3) is 5.91 Å². The highest BCUT2D eigenvalue weighted by atomic mass is 16.5. The molecule has 1 aliphatic rings. The number of hydrogen-bond acceptors (Lipinski definition) is 5. The van der Waals surface area contributed by atoms with E-state index in [4.69, 9.17) is 18.9 Å². The van der Waals surface area contributed by atoms with E-state index >= 15 is 0 Å². The maximum atomic E-state index is 13.0. The molecule has 0 spiro atoms. The van der Waals surface area contributed by atoms with Gasteiger partial charge in [-0.15, -0.1) is 0 Å². The maximum Gasteiger partial charge on any atom is 0.254 e. The van der Waals surface area contributed by atoms with Crippen molar-refractivity contribution >= 4 is 5.91 Å². The van der Waals surface area contributed by atoms with Gasteiger partial charge in [0.05, 0.1) is 32.0 Å². The van der Waals surface area contributed by atoms with E-state index in [9.17, 15) is 4.79 Å². The first-order chi connectivity index (χ1) is 12.0. The van der Waals surface area contributed by atoms with Crippen molar-refractivity contribution in [2.45, 2.75) is 46.8 Å². The van der Waals surface area contributed by atoms with E-state index in [2.05, 4.69) is 0 Å². The third-order valence-electron chi connectivity index (χ3n) is 3.86. The SMILES string of the molecule is CCOc1cc(C(=O)N2C[C@H](C)O[C@@H](C)C2)cc(OCC)c1OCC. The lowest BCUT2D eigenvalue weighted by Crippen LogP contribution is -2.48. The van der Waals surface area contributed by atoms with Crippen molar-refractivity contribution in [1.82, 2.24) is 4.90 Å². The lowest BCUT2D eigenvalue weighted by atomic mass is 10.1. The van der Waals surface area contributed by atoms with Crippen LogP contribution in [-0.2, 0) is 4.74 Å². The summed E-state index contributed by atoms with van der Waals surface area (Å²) in [5, 5.41) is 0. The van der Waals surface area contributed by atoms with Gasteiger partial charge < -0.3 is 23.8 Å². The van der Waals surface area contributed by atoms with Crippen molar-refractivity contribution in [2.75, 3.05) is 32.9 Å². The summed E-state index contributed by atoms with van der Waals surface area (Å²) >= 11 is 0. The van der Waals surface area contributed by atoms with Crippen LogP contribution in [0.2, 0.25) is 0 Å². The van der Waals surface area contributed by atoms with Crippen LogP contribution in [0.15, 0.2) is 12.1 Å². The van der Waals surface area contributed by atoms with Crippen LogP contribution in [-0.4, -0.2) is 55.9 Å². The monoisotopic (exact) mass is 351 g/mol. The van der Waals surface area contributed by atoms with Crippen molar-refractivity contribution in [2.24, 2.45) is 0 Å². The molecule has 0 unspecified atom stereocenters. The largest absolute Gasteiger partial charge is 0.490 e. The Hall–Kier alpha value is -1.95. The van der Waals surface area contributed by atoms with E-state index < -0.39 is 0 Å². The van der Waals surface area contributed by atoms with Crippen LogP contribution >= 0.6 is 0 Å². The van der Waals surface area contributed by atoms with E-state index in [-0.39, 0.29) is 18.1 Å². The number of hydrogen-bond donors (Lipinski definition) is 0. The Bertz CT molecular complexity index is 552. The topological polar surface area (TPSA) is 57.2 Å². The molecule has 140 valence electrons. The molecule has 0 N–H and O–H groups in total. The third-order valence-corrected chi connectivity index (χ3v) is 3.86. The minimum absolute atomic E-state index is 0.0214. The molecule has 0 saturated carbocycles. The van der Waals surface area contributed by atoms with Crippen LogP contribution in [0.3, 0.4) is 0 Å². The van der Waals surface area contributed by atoms with Crippen molar-refractivity contribution < 1.29 is 23.7 Å². The normalized spacial score (nSPS) is 20.3. The number of carbonyl (C=O) groups is 1. The number of nitrogens with zero attached hydrogens (tertiary/aromatic N) is 1. The summed E-state index contributed by atoms with van der Waals surface area (Å²) < 4.78 is 22.8. The molecule has 6 nitrogen and oxygen atoms in total. The average Bonchev–Trinajstić information content (AvgIpc) is 2.56. The molecule has 6 heteroatoms. The molecule has 2 rings (SSSR count). The summed E-state index contributed by atoms with van der Waals surface area (Å²) in [5.41, 5.74) is 0.539. The second kappa shape index (κ2) is 8.94. The summed E-state index contributed by atoms with van der Waals surface area (Å²) in [4.78, 5) is 14.8. The van der Waals surface area contributed by atoms with Crippen LogP contribution in [0.25, 0.3) is 0 Å². The Labute approximate surface area is 150 Å². The highest BCUT2D eigenvalue weighted by molar-refractivity contribution is 5.95. The minimum atomic E-state index is -0.0491. The molecule has 1 saturated heterocycles. The fourth-order valence-electron chi connectivity index (χ4n) is 3.04. The number of carbonyl (C=O) groups excluding carboxylic acids is 1. The summed E-state index contributed by atoms with van der Waals surface area (Å²) in [7, 11) is 0. The van der Waals surface area contributed by atoms with Crippen molar-refractivity contribution in [1.29, 1.82) is 0 Å². The summed E-state index contributed by atoms with van der Waals surface area (Å²) in [6, 6.07) is 3.48. The molecule has 25 heavy (non-hydrogen) atoms. The van der Waals surface area contributed by atoms with Gasteiger partial charge in [0.15, 0.2) is 11.5 Å². The van der Waals surface area contributed by atoms with Gasteiger partial charge in [-0.1, -0.05) is 0 Å². The fourth-order valence-corrected chi connectivity index (χ4v) is 3.04. The highest BCUT2D eigenvalue weighted by Gasteiger charge is 2.28. The van der Waals surface area contributed by atoms with Crippen LogP contribution in [0.1, 0.15) is 45.0 Å². The maximum absolute atomic E-state index is 13.0. The minimum Gasteiger partial charge on any atom is -0.490 e. The Balaban J connectivity index is 2.37. The van der Waals surface area contributed by atoms with Crippen LogP contribution in [0.4, 0.5) is 0 Å². The predicted molar refractivity (Wildman–Crippen MR) is 95.9 cm³/mol. The number of benzene rings is 1. The van der Waals surface area contributed by atoms with Gasteiger partial charge in [-0.3, -0.25) is 4.79 Å². The average molecular weight is 351 g/mol. The molecular formula is C19H29NO5. The van der Waals surface area contributed by atoms with E-state index in [0.717, 1.165) is 0 Å². The van der Waals surface area contributed by atoms with Gasteiger partial charge in [0.1, 0.15) is 0 Å². The Morgan fingerprint density at radius 1 is 1.00 bits per heavy atom. The van der Waals surface area contributed by atoms with Crippen LogP contribution < -0.4 is 14.2 Å². The van der Waals surface area contributed by atoms with E-state index in [1.165, 1.54) is 0 Å². The first-order valence-corrected chi connectivity index (χ1v) is 9.01. The zero-order valence-electron chi connectivity index (χ0n) is 15.8. The Kier molecular flexibility index (Phi) is 6.93. The van der Waals surface area contributed by atoms with Gasteiger partial charge in [-0.25, -0.2) is 0 Å². The third kappa shape index (κ3) is 4.78. The van der Waals surface area contributed by atoms with Gasteiger partial charge in [-0.2, -0.15) is 0 Å². The first kappa shape index (κ1) is 19.4. The van der Waals surface area contributed by atoms with Crippen molar-refractivity contribution in [3.8, 4) is 17.2 Å². The molecule has 1 amide bonds. The number of morpholine rings is 1. The number of amides is 1. The smallest absolute Gasteiger partial charge is 0.254 e. The lowest BCUT2D eigenvalue weighted by molar-refractivity contribution is -0.0586. The van der Waals surface area contributed by atoms with E-state index in [0.29, 0.717) is 55.7 Å². The van der Waals surface area contributed by atoms with Gasteiger partial charge in [0, 0.05) is 18.7 Å². The standard InChI is InChI=1S/C19H29NO5/c1-6-22-16-9-15(10-17(23-7-2)18(16)24-8-3)19(21)20-11-13(4)25-14(5)12-20/h9-10,13-14H,6-8,11-12H2,1-5H3/t13-,14-/m0/s1. The molecule has 0 aromatic heterocycles. The molecule has 0 aliphatic carbocycles. The predicted octanol–water partition coefficient (Wildman–Crippen LogP) is 3.13. The second-order valence-corrected chi connectivity index (χ2v) is 6.07. The summed E-state index contributed by atoms with van der Waals surface area (Å²) in [6.07, 6.45) is 0.0428. The molecule has 0 radical (unpaired) electrons. The molecule has 0 bridgehead atoms. The molecule has 1 aromatic carbocycles. The van der Waals surface area contributed by atoms with Gasteiger partial charge in [0.2, 0.25) is 5.75 Å². The van der Waals surface area contributed by atoms with Gasteiger partial charge in [-0.05, 0) is 46.8 Å². The van der Waals surface area contributed by atoms with Crippen molar-refractivity contribution in [3.05, 3.63) is 17.7 Å². The highest BCUT2D eigenvalue weighted by Crippen LogP contribution is 2.39. The molecule has 1 aliphatic heterocycles. The first-order valence-electron chi connectivity index (χ1n) is 9.01. The number of ether oxygens (including phenoxy) is 4. The zero-order valence-corrected chi connectivity index (χ0v) is 15.8. The zero-order chi connectivity index (χ0) is 18.4. The quantitative estimate of drug-likeness (QED) is 0.755. The fraction of sp³-hybridized carbons (Fsp3) is 0.632. The number of rotatable bonds is 7. The van der Waals surface area contributed by atoms with Crippen LogP contribution in [0, 0.1) is 0 Å². The Morgan fingerprint density at radius 3 is 1.92 bits per heavy atom. The van der Waals surface area contributed by atoms with Crippen molar-refractivity contribution in [3.63, 3.8) is 0 Å². The molecular weight excluding hydrogens is 322 g/mol. The summed E-state index contributed by atoms with van der Waals surface area (Å²) in [5.74, 6) is 1.57. The lowest BCUT2D eigenvalue weighted by Gasteiger charge is -2.35. The van der Waals surface area contributed by atoms with E-state index in [1.54, 1.807) is 12.1 Å². The van der Waals surface area contributed by atoms with Gasteiger partial charge >= 0.3 is 0 Å². The molecule has 1 aromatic rings. The molecule has 1 fully saturated rings. The molecule has 2 atom stereocenters. The Morgan fingerprint density at radius 2 is 1.48 bits per heavy atom. The summed E-state index contributed by atoms with van der Waals surface area (Å²) in [6.45, 7) is 12.3. The van der Waals surface area contributed by atoms with E-state index in [1.807, 2.05) is 39.5 Å². The van der Waals surface area contributed by atoms with Crippen LogP contribution in [0.5, 0.6) is 17.2 Å². The molecule has 1 heterocycles.